The summed E-state index contributed by atoms with van der Waals surface area (Å²) in [6.45, 7) is 4.19. The molecular formula is C21H26N4O. The van der Waals surface area contributed by atoms with Gasteiger partial charge in [0.25, 0.3) is 5.91 Å². The molecule has 5 nitrogen and oxygen atoms in total. The van der Waals surface area contributed by atoms with E-state index in [2.05, 4.69) is 34.2 Å². The normalized spacial score (nSPS) is 15.4. The number of piperazine rings is 1. The van der Waals surface area contributed by atoms with E-state index in [9.17, 15) is 4.79 Å². The van der Waals surface area contributed by atoms with Crippen molar-refractivity contribution >= 4 is 17.8 Å². The molecule has 1 aliphatic heterocycles. The van der Waals surface area contributed by atoms with Crippen molar-refractivity contribution in [2.75, 3.05) is 51.7 Å². The first-order valence-corrected chi connectivity index (χ1v) is 9.00. The molecule has 1 saturated heterocycles. The number of benzene rings is 1. The van der Waals surface area contributed by atoms with Gasteiger partial charge in [0.05, 0.1) is 5.56 Å². The first kappa shape index (κ1) is 18.1. The molecule has 0 radical (unpaired) electrons. The van der Waals surface area contributed by atoms with Gasteiger partial charge >= 0.3 is 0 Å². The Morgan fingerprint density at radius 3 is 2.50 bits per heavy atom. The Labute approximate surface area is 155 Å². The van der Waals surface area contributed by atoms with Gasteiger partial charge in [0, 0.05) is 53.0 Å². The van der Waals surface area contributed by atoms with Gasteiger partial charge in [-0.1, -0.05) is 42.5 Å². The van der Waals surface area contributed by atoms with Crippen LogP contribution in [0.4, 0.5) is 5.82 Å². The molecule has 1 amide bonds. The standard InChI is InChI=1S/C21H26N4O/c1-23(2)20-19(11-6-12-22-20)21(26)25-16-14-24(15-17-25)13-7-10-18-8-4-3-5-9-18/h3-12H,13-17H2,1-2H3/b10-7+. The molecule has 3 rings (SSSR count). The molecule has 0 atom stereocenters. The third-order valence-electron chi connectivity index (χ3n) is 4.57. The number of amides is 1. The van der Waals surface area contributed by atoms with E-state index in [1.165, 1.54) is 5.56 Å². The summed E-state index contributed by atoms with van der Waals surface area (Å²) < 4.78 is 0. The molecule has 1 fully saturated rings. The average Bonchev–Trinajstić information content (AvgIpc) is 2.69. The highest BCUT2D eigenvalue weighted by molar-refractivity contribution is 5.98. The van der Waals surface area contributed by atoms with Gasteiger partial charge < -0.3 is 9.80 Å². The van der Waals surface area contributed by atoms with Crippen LogP contribution in [0, 0.1) is 0 Å². The quantitative estimate of drug-likeness (QED) is 0.831. The van der Waals surface area contributed by atoms with Crippen LogP contribution in [0.1, 0.15) is 15.9 Å². The van der Waals surface area contributed by atoms with Gasteiger partial charge in [-0.25, -0.2) is 4.98 Å². The Kier molecular flexibility index (Phi) is 6.02. The summed E-state index contributed by atoms with van der Waals surface area (Å²) >= 11 is 0. The predicted octanol–water partition coefficient (Wildman–Crippen LogP) is 2.62. The fourth-order valence-electron chi connectivity index (χ4n) is 3.13. The van der Waals surface area contributed by atoms with Crippen LogP contribution in [-0.4, -0.2) is 67.5 Å². The van der Waals surface area contributed by atoms with E-state index in [0.717, 1.165) is 38.5 Å². The molecule has 0 saturated carbocycles. The van der Waals surface area contributed by atoms with Crippen LogP contribution >= 0.6 is 0 Å². The minimum Gasteiger partial charge on any atom is -0.362 e. The SMILES string of the molecule is CN(C)c1ncccc1C(=O)N1CCN(C/C=C/c2ccccc2)CC1. The lowest BCUT2D eigenvalue weighted by molar-refractivity contribution is 0.0650. The fraction of sp³-hybridized carbons (Fsp3) is 0.333. The van der Waals surface area contributed by atoms with Gasteiger partial charge in [0.15, 0.2) is 0 Å². The second-order valence-electron chi connectivity index (χ2n) is 6.67. The molecule has 0 bridgehead atoms. The fourth-order valence-corrected chi connectivity index (χ4v) is 3.13. The van der Waals surface area contributed by atoms with E-state index in [1.807, 2.05) is 54.2 Å². The minimum atomic E-state index is 0.0706. The van der Waals surface area contributed by atoms with E-state index in [4.69, 9.17) is 0 Å². The first-order chi connectivity index (χ1) is 12.6. The van der Waals surface area contributed by atoms with Crippen molar-refractivity contribution < 1.29 is 4.79 Å². The van der Waals surface area contributed by atoms with Crippen LogP contribution in [0.2, 0.25) is 0 Å². The van der Waals surface area contributed by atoms with Gasteiger partial charge in [-0.05, 0) is 17.7 Å². The van der Waals surface area contributed by atoms with Gasteiger partial charge in [-0.15, -0.1) is 0 Å². The van der Waals surface area contributed by atoms with Crippen molar-refractivity contribution in [2.45, 2.75) is 0 Å². The number of anilines is 1. The van der Waals surface area contributed by atoms with Crippen LogP contribution in [0.3, 0.4) is 0 Å². The van der Waals surface area contributed by atoms with Crippen LogP contribution in [-0.2, 0) is 0 Å². The third kappa shape index (κ3) is 4.49. The van der Waals surface area contributed by atoms with E-state index in [0.29, 0.717) is 5.56 Å². The lowest BCUT2D eigenvalue weighted by Crippen LogP contribution is -2.48. The first-order valence-electron chi connectivity index (χ1n) is 9.00. The maximum absolute atomic E-state index is 12.9. The van der Waals surface area contributed by atoms with Crippen LogP contribution < -0.4 is 4.90 Å². The van der Waals surface area contributed by atoms with Crippen molar-refractivity contribution in [1.82, 2.24) is 14.8 Å². The highest BCUT2D eigenvalue weighted by Crippen LogP contribution is 2.18. The topological polar surface area (TPSA) is 39.7 Å². The van der Waals surface area contributed by atoms with Gasteiger partial charge in [-0.2, -0.15) is 0 Å². The molecule has 0 aliphatic carbocycles. The largest absolute Gasteiger partial charge is 0.362 e. The second kappa shape index (κ2) is 8.63. The highest BCUT2D eigenvalue weighted by Gasteiger charge is 2.24. The molecule has 0 spiro atoms. The highest BCUT2D eigenvalue weighted by atomic mass is 16.2. The number of hydrogen-bond acceptors (Lipinski definition) is 4. The molecule has 1 aromatic heterocycles. The number of aromatic nitrogens is 1. The summed E-state index contributed by atoms with van der Waals surface area (Å²) in [7, 11) is 3.83. The maximum atomic E-state index is 12.9. The smallest absolute Gasteiger partial charge is 0.257 e. The molecule has 1 aromatic carbocycles. The molecule has 1 aliphatic rings. The molecule has 2 aromatic rings. The van der Waals surface area contributed by atoms with Crippen LogP contribution in [0.25, 0.3) is 6.08 Å². The van der Waals surface area contributed by atoms with Crippen molar-refractivity contribution in [2.24, 2.45) is 0 Å². The number of nitrogens with zero attached hydrogens (tertiary/aromatic N) is 4. The van der Waals surface area contributed by atoms with Crippen LogP contribution in [0.15, 0.2) is 54.7 Å². The second-order valence-corrected chi connectivity index (χ2v) is 6.67. The zero-order chi connectivity index (χ0) is 18.4. The zero-order valence-electron chi connectivity index (χ0n) is 15.5. The number of hydrogen-bond donors (Lipinski definition) is 0. The summed E-state index contributed by atoms with van der Waals surface area (Å²) in [5.74, 6) is 0.798. The number of pyridine rings is 1. The monoisotopic (exact) mass is 350 g/mol. The average molecular weight is 350 g/mol. The Balaban J connectivity index is 1.54. The Bertz CT molecular complexity index is 750. The van der Waals surface area contributed by atoms with E-state index in [-0.39, 0.29) is 5.91 Å². The molecule has 0 unspecified atom stereocenters. The zero-order valence-corrected chi connectivity index (χ0v) is 15.5. The van der Waals surface area contributed by atoms with Gasteiger partial charge in [0.1, 0.15) is 5.82 Å². The van der Waals surface area contributed by atoms with E-state index >= 15 is 0 Å². The third-order valence-corrected chi connectivity index (χ3v) is 4.57. The minimum absolute atomic E-state index is 0.0706. The van der Waals surface area contributed by atoms with Gasteiger partial charge in [0.2, 0.25) is 0 Å². The van der Waals surface area contributed by atoms with Crippen molar-refractivity contribution in [3.63, 3.8) is 0 Å². The molecule has 2 heterocycles. The summed E-state index contributed by atoms with van der Waals surface area (Å²) in [6, 6.07) is 14.0. The molecular weight excluding hydrogens is 324 g/mol. The Morgan fingerprint density at radius 2 is 1.81 bits per heavy atom. The number of carbonyl (C=O) groups excluding carboxylic acids is 1. The van der Waals surface area contributed by atoms with Crippen molar-refractivity contribution in [1.29, 1.82) is 0 Å². The Morgan fingerprint density at radius 1 is 1.08 bits per heavy atom. The van der Waals surface area contributed by atoms with E-state index < -0.39 is 0 Å². The van der Waals surface area contributed by atoms with Gasteiger partial charge in [-0.3, -0.25) is 9.69 Å². The van der Waals surface area contributed by atoms with Crippen molar-refractivity contribution in [3.05, 3.63) is 65.9 Å². The van der Waals surface area contributed by atoms with Crippen LogP contribution in [0.5, 0.6) is 0 Å². The lowest BCUT2D eigenvalue weighted by atomic mass is 10.2. The summed E-state index contributed by atoms with van der Waals surface area (Å²) in [4.78, 5) is 23.4. The molecule has 26 heavy (non-hydrogen) atoms. The summed E-state index contributed by atoms with van der Waals surface area (Å²) in [5.41, 5.74) is 1.89. The number of carbonyl (C=O) groups is 1. The molecule has 136 valence electrons. The lowest BCUT2D eigenvalue weighted by Gasteiger charge is -2.34. The van der Waals surface area contributed by atoms with Crippen molar-refractivity contribution in [3.8, 4) is 0 Å². The predicted molar refractivity (Wildman–Crippen MR) is 106 cm³/mol. The number of rotatable bonds is 5. The molecule has 5 heteroatoms. The maximum Gasteiger partial charge on any atom is 0.257 e. The Hall–Kier alpha value is -2.66. The summed E-state index contributed by atoms with van der Waals surface area (Å²) in [6.07, 6.45) is 6.07. The van der Waals surface area contributed by atoms with E-state index in [1.54, 1.807) is 6.20 Å². The summed E-state index contributed by atoms with van der Waals surface area (Å²) in [5, 5.41) is 0. The molecule has 0 N–H and O–H groups in total.